The molecular formula is C7H14O3. The van der Waals surface area contributed by atoms with Gasteiger partial charge in [-0.3, -0.25) is 4.79 Å². The Balaban J connectivity index is 4.17. The van der Waals surface area contributed by atoms with Crippen LogP contribution in [0.4, 0.5) is 0 Å². The molecule has 0 spiro atoms. The van der Waals surface area contributed by atoms with E-state index in [0.717, 1.165) is 0 Å². The minimum Gasteiger partial charge on any atom is -0.347 e. The van der Waals surface area contributed by atoms with Gasteiger partial charge in [-0.05, 0) is 6.92 Å². The van der Waals surface area contributed by atoms with E-state index in [4.69, 9.17) is 9.47 Å². The van der Waals surface area contributed by atoms with Crippen molar-refractivity contribution in [1.29, 1.82) is 0 Å². The second-order valence-electron chi connectivity index (χ2n) is 2.13. The van der Waals surface area contributed by atoms with Crippen molar-refractivity contribution in [3.63, 3.8) is 0 Å². The van der Waals surface area contributed by atoms with Gasteiger partial charge in [-0.25, -0.2) is 0 Å². The zero-order valence-electron chi connectivity index (χ0n) is 6.93. The van der Waals surface area contributed by atoms with Gasteiger partial charge in [0.1, 0.15) is 0 Å². The topological polar surface area (TPSA) is 35.5 Å². The van der Waals surface area contributed by atoms with Crippen LogP contribution in [0.5, 0.6) is 0 Å². The van der Waals surface area contributed by atoms with Crippen molar-refractivity contribution in [2.24, 2.45) is 0 Å². The molecule has 0 amide bonds. The van der Waals surface area contributed by atoms with E-state index in [1.54, 1.807) is 13.8 Å². The van der Waals surface area contributed by atoms with Gasteiger partial charge in [0.25, 0.3) is 0 Å². The molecule has 0 atom stereocenters. The molecule has 0 saturated carbocycles. The summed E-state index contributed by atoms with van der Waals surface area (Å²) in [6.45, 7) is 3.39. The monoisotopic (exact) mass is 146 g/mol. The fourth-order valence-electron chi connectivity index (χ4n) is 0.632. The molecule has 3 nitrogen and oxygen atoms in total. The van der Waals surface area contributed by atoms with Crippen LogP contribution in [0.2, 0.25) is 0 Å². The van der Waals surface area contributed by atoms with E-state index in [1.807, 2.05) is 0 Å². The number of carbonyl (C=O) groups is 1. The number of Topliss-reactive ketones (excluding diaryl/α,β-unsaturated/α-hetero) is 1. The summed E-state index contributed by atoms with van der Waals surface area (Å²) in [4.78, 5) is 11.0. The van der Waals surface area contributed by atoms with Crippen LogP contribution in [0.3, 0.4) is 0 Å². The molecule has 10 heavy (non-hydrogen) atoms. The van der Waals surface area contributed by atoms with Crippen LogP contribution in [-0.2, 0) is 14.3 Å². The van der Waals surface area contributed by atoms with Gasteiger partial charge in [-0.2, -0.15) is 0 Å². The molecule has 60 valence electrons. The molecule has 0 aliphatic heterocycles. The highest BCUT2D eigenvalue weighted by Gasteiger charge is 2.30. The number of rotatable bonds is 4. The average molecular weight is 146 g/mol. The quantitative estimate of drug-likeness (QED) is 0.554. The van der Waals surface area contributed by atoms with E-state index in [9.17, 15) is 4.79 Å². The molecule has 0 aromatic heterocycles. The summed E-state index contributed by atoms with van der Waals surface area (Å²) in [5.74, 6) is -1.09. The maximum atomic E-state index is 11.0. The molecule has 3 heteroatoms. The predicted octanol–water partition coefficient (Wildman–Crippen LogP) is 0.974. The summed E-state index contributed by atoms with van der Waals surface area (Å²) in [5, 5.41) is 0. The Bertz CT molecular complexity index is 116. The Hall–Kier alpha value is -0.410. The van der Waals surface area contributed by atoms with Crippen LogP contribution in [0.15, 0.2) is 0 Å². The van der Waals surface area contributed by atoms with E-state index in [-0.39, 0.29) is 5.78 Å². The van der Waals surface area contributed by atoms with Crippen LogP contribution < -0.4 is 0 Å². The Labute approximate surface area is 61.3 Å². The maximum Gasteiger partial charge on any atom is 0.225 e. The molecule has 0 aromatic carbocycles. The van der Waals surface area contributed by atoms with Crippen molar-refractivity contribution in [1.82, 2.24) is 0 Å². The van der Waals surface area contributed by atoms with Crippen molar-refractivity contribution in [3.8, 4) is 0 Å². The molecule has 0 fully saturated rings. The first-order valence-electron chi connectivity index (χ1n) is 3.24. The summed E-state index contributed by atoms with van der Waals surface area (Å²) in [6.07, 6.45) is 0.429. The van der Waals surface area contributed by atoms with E-state index < -0.39 is 5.79 Å². The lowest BCUT2D eigenvalue weighted by Gasteiger charge is -2.23. The lowest BCUT2D eigenvalue weighted by Crippen LogP contribution is -2.38. The highest BCUT2D eigenvalue weighted by atomic mass is 16.7. The van der Waals surface area contributed by atoms with Gasteiger partial charge in [0.15, 0.2) is 5.78 Å². The van der Waals surface area contributed by atoms with Gasteiger partial charge in [0.05, 0.1) is 0 Å². The zero-order chi connectivity index (χ0) is 8.20. The standard InChI is InChI=1S/C7H14O3/c1-5-6(8)7(2,9-3)10-4/h5H2,1-4H3. The largest absolute Gasteiger partial charge is 0.347 e. The number of carbonyl (C=O) groups excluding carboxylic acids is 1. The van der Waals surface area contributed by atoms with Gasteiger partial charge < -0.3 is 9.47 Å². The number of ketones is 1. The van der Waals surface area contributed by atoms with Crippen LogP contribution in [0, 0.1) is 0 Å². The van der Waals surface area contributed by atoms with Gasteiger partial charge in [-0.15, -0.1) is 0 Å². The Morgan fingerprint density at radius 3 is 1.90 bits per heavy atom. The summed E-state index contributed by atoms with van der Waals surface area (Å²) in [5.41, 5.74) is 0. The lowest BCUT2D eigenvalue weighted by molar-refractivity contribution is -0.198. The van der Waals surface area contributed by atoms with Gasteiger partial charge in [0, 0.05) is 20.6 Å². The lowest BCUT2D eigenvalue weighted by atomic mass is 10.1. The van der Waals surface area contributed by atoms with E-state index >= 15 is 0 Å². The summed E-state index contributed by atoms with van der Waals surface area (Å²) in [6, 6.07) is 0. The van der Waals surface area contributed by atoms with Gasteiger partial charge >= 0.3 is 0 Å². The number of hydrogen-bond donors (Lipinski definition) is 0. The zero-order valence-corrected chi connectivity index (χ0v) is 6.93. The second-order valence-corrected chi connectivity index (χ2v) is 2.13. The van der Waals surface area contributed by atoms with E-state index in [1.165, 1.54) is 14.2 Å². The molecule has 0 unspecified atom stereocenters. The van der Waals surface area contributed by atoms with Crippen molar-refractivity contribution < 1.29 is 14.3 Å². The van der Waals surface area contributed by atoms with Crippen molar-refractivity contribution in [3.05, 3.63) is 0 Å². The van der Waals surface area contributed by atoms with Crippen molar-refractivity contribution >= 4 is 5.78 Å². The molecule has 0 rings (SSSR count). The van der Waals surface area contributed by atoms with Gasteiger partial charge in [-0.1, -0.05) is 6.92 Å². The highest BCUT2D eigenvalue weighted by molar-refractivity contribution is 5.85. The van der Waals surface area contributed by atoms with Crippen molar-refractivity contribution in [2.45, 2.75) is 26.1 Å². The Kier molecular flexibility index (Phi) is 3.53. The highest BCUT2D eigenvalue weighted by Crippen LogP contribution is 2.12. The second kappa shape index (κ2) is 3.68. The number of hydrogen-bond acceptors (Lipinski definition) is 3. The third kappa shape index (κ3) is 1.78. The predicted molar refractivity (Wildman–Crippen MR) is 37.7 cm³/mol. The first-order valence-corrected chi connectivity index (χ1v) is 3.24. The van der Waals surface area contributed by atoms with E-state index in [2.05, 4.69) is 0 Å². The fraction of sp³-hybridized carbons (Fsp3) is 0.857. The fourth-order valence-corrected chi connectivity index (χ4v) is 0.632. The summed E-state index contributed by atoms with van der Waals surface area (Å²) < 4.78 is 9.74. The molecule has 0 N–H and O–H groups in total. The van der Waals surface area contributed by atoms with E-state index in [0.29, 0.717) is 6.42 Å². The number of ether oxygens (including phenoxy) is 2. The normalized spacial score (nSPS) is 11.6. The molecular weight excluding hydrogens is 132 g/mol. The molecule has 0 saturated heterocycles. The van der Waals surface area contributed by atoms with Crippen LogP contribution in [0.25, 0.3) is 0 Å². The molecule has 0 aliphatic carbocycles. The van der Waals surface area contributed by atoms with Crippen LogP contribution >= 0.6 is 0 Å². The SMILES string of the molecule is CCC(=O)C(C)(OC)OC. The first-order chi connectivity index (χ1) is 4.60. The molecule has 0 aliphatic rings. The number of methoxy groups -OCH3 is 2. The third-order valence-electron chi connectivity index (χ3n) is 1.61. The Morgan fingerprint density at radius 2 is 1.80 bits per heavy atom. The van der Waals surface area contributed by atoms with Gasteiger partial charge in [0.2, 0.25) is 5.79 Å². The van der Waals surface area contributed by atoms with Crippen LogP contribution in [0.1, 0.15) is 20.3 Å². The van der Waals surface area contributed by atoms with Crippen LogP contribution in [-0.4, -0.2) is 25.8 Å². The maximum absolute atomic E-state index is 11.0. The molecule has 0 bridgehead atoms. The minimum atomic E-state index is -1.05. The Morgan fingerprint density at radius 1 is 1.40 bits per heavy atom. The minimum absolute atomic E-state index is 0.0440. The van der Waals surface area contributed by atoms with Crippen molar-refractivity contribution in [2.75, 3.05) is 14.2 Å². The molecule has 0 heterocycles. The smallest absolute Gasteiger partial charge is 0.225 e. The summed E-state index contributed by atoms with van der Waals surface area (Å²) >= 11 is 0. The molecule has 0 aromatic rings. The third-order valence-corrected chi connectivity index (χ3v) is 1.61. The first kappa shape index (κ1) is 9.59. The molecule has 0 radical (unpaired) electrons. The summed E-state index contributed by atoms with van der Waals surface area (Å²) in [7, 11) is 2.91. The average Bonchev–Trinajstić information content (AvgIpc) is 2.01.